The van der Waals surface area contributed by atoms with Crippen molar-refractivity contribution in [2.24, 2.45) is 0 Å². The summed E-state index contributed by atoms with van der Waals surface area (Å²) >= 11 is 0. The SMILES string of the molecule is CC1(C)OCc2ccccc2-c2ccccc21. The van der Waals surface area contributed by atoms with Crippen LogP contribution in [0.3, 0.4) is 0 Å². The second-order valence-corrected chi connectivity index (χ2v) is 5.00. The highest BCUT2D eigenvalue weighted by Gasteiger charge is 2.28. The molecule has 2 aromatic rings. The van der Waals surface area contributed by atoms with E-state index in [-0.39, 0.29) is 5.60 Å². The zero-order valence-corrected chi connectivity index (χ0v) is 10.2. The summed E-state index contributed by atoms with van der Waals surface area (Å²) in [4.78, 5) is 0. The molecule has 1 aliphatic rings. The molecule has 3 rings (SSSR count). The minimum Gasteiger partial charge on any atom is -0.366 e. The fraction of sp³-hybridized carbons (Fsp3) is 0.250. The van der Waals surface area contributed by atoms with Crippen molar-refractivity contribution in [1.29, 1.82) is 0 Å². The molecule has 0 N–H and O–H groups in total. The zero-order chi connectivity index (χ0) is 11.9. The second kappa shape index (κ2) is 3.71. The average molecular weight is 224 g/mol. The highest BCUT2D eigenvalue weighted by molar-refractivity contribution is 5.72. The van der Waals surface area contributed by atoms with Crippen LogP contribution in [0.25, 0.3) is 11.1 Å². The number of benzene rings is 2. The van der Waals surface area contributed by atoms with Crippen molar-refractivity contribution in [2.75, 3.05) is 0 Å². The maximum absolute atomic E-state index is 6.04. The van der Waals surface area contributed by atoms with Gasteiger partial charge in [0.1, 0.15) is 0 Å². The molecule has 0 bridgehead atoms. The second-order valence-electron chi connectivity index (χ2n) is 5.00. The smallest absolute Gasteiger partial charge is 0.0885 e. The molecule has 0 saturated heterocycles. The van der Waals surface area contributed by atoms with Gasteiger partial charge in [0.2, 0.25) is 0 Å². The molecular weight excluding hydrogens is 208 g/mol. The van der Waals surface area contributed by atoms with Crippen molar-refractivity contribution in [2.45, 2.75) is 26.1 Å². The molecule has 0 aliphatic carbocycles. The Morgan fingerprint density at radius 2 is 1.53 bits per heavy atom. The van der Waals surface area contributed by atoms with Gasteiger partial charge in [0.05, 0.1) is 12.2 Å². The van der Waals surface area contributed by atoms with Gasteiger partial charge in [0.25, 0.3) is 0 Å². The van der Waals surface area contributed by atoms with Crippen LogP contribution in [0.2, 0.25) is 0 Å². The van der Waals surface area contributed by atoms with Crippen LogP contribution in [0.5, 0.6) is 0 Å². The molecule has 0 saturated carbocycles. The molecular formula is C16H16O. The third-order valence-corrected chi connectivity index (χ3v) is 3.47. The lowest BCUT2D eigenvalue weighted by Crippen LogP contribution is -2.20. The van der Waals surface area contributed by atoms with Crippen molar-refractivity contribution in [3.8, 4) is 11.1 Å². The molecule has 0 spiro atoms. The normalized spacial score (nSPS) is 16.8. The quantitative estimate of drug-likeness (QED) is 0.654. The summed E-state index contributed by atoms with van der Waals surface area (Å²) in [5.74, 6) is 0. The van der Waals surface area contributed by atoms with Crippen molar-refractivity contribution in [3.05, 3.63) is 59.7 Å². The number of hydrogen-bond donors (Lipinski definition) is 0. The van der Waals surface area contributed by atoms with E-state index < -0.39 is 0 Å². The number of ether oxygens (including phenoxy) is 1. The van der Waals surface area contributed by atoms with E-state index in [1.54, 1.807) is 0 Å². The van der Waals surface area contributed by atoms with Crippen LogP contribution in [0.1, 0.15) is 25.0 Å². The molecule has 0 atom stereocenters. The van der Waals surface area contributed by atoms with Gasteiger partial charge in [0.15, 0.2) is 0 Å². The van der Waals surface area contributed by atoms with E-state index in [0.29, 0.717) is 6.61 Å². The summed E-state index contributed by atoms with van der Waals surface area (Å²) in [7, 11) is 0. The lowest BCUT2D eigenvalue weighted by Gasteiger charge is -2.25. The molecule has 1 heteroatoms. The lowest BCUT2D eigenvalue weighted by atomic mass is 9.89. The molecule has 86 valence electrons. The first-order chi connectivity index (χ1) is 8.18. The van der Waals surface area contributed by atoms with Crippen LogP contribution < -0.4 is 0 Å². The van der Waals surface area contributed by atoms with E-state index in [0.717, 1.165) is 0 Å². The summed E-state index contributed by atoms with van der Waals surface area (Å²) in [5.41, 5.74) is 4.91. The first-order valence-electron chi connectivity index (χ1n) is 6.00. The molecule has 17 heavy (non-hydrogen) atoms. The van der Waals surface area contributed by atoms with Crippen LogP contribution in [-0.2, 0) is 16.9 Å². The van der Waals surface area contributed by atoms with Crippen LogP contribution in [0.15, 0.2) is 48.5 Å². The maximum atomic E-state index is 6.04. The topological polar surface area (TPSA) is 9.23 Å². The fourth-order valence-electron chi connectivity index (χ4n) is 2.49. The van der Waals surface area contributed by atoms with E-state index in [4.69, 9.17) is 4.74 Å². The van der Waals surface area contributed by atoms with Crippen LogP contribution >= 0.6 is 0 Å². The largest absolute Gasteiger partial charge is 0.366 e. The molecule has 1 heterocycles. The molecule has 0 radical (unpaired) electrons. The molecule has 0 amide bonds. The third kappa shape index (κ3) is 1.67. The standard InChI is InChI=1S/C16H16O/c1-16(2)15-10-6-5-9-14(15)13-8-4-3-7-12(13)11-17-16/h3-10H,11H2,1-2H3. The fourth-order valence-corrected chi connectivity index (χ4v) is 2.49. The van der Waals surface area contributed by atoms with Gasteiger partial charge in [-0.2, -0.15) is 0 Å². The van der Waals surface area contributed by atoms with Gasteiger partial charge in [0, 0.05) is 0 Å². The maximum Gasteiger partial charge on any atom is 0.0885 e. The van der Waals surface area contributed by atoms with E-state index >= 15 is 0 Å². The van der Waals surface area contributed by atoms with E-state index in [9.17, 15) is 0 Å². The Kier molecular flexibility index (Phi) is 2.30. The van der Waals surface area contributed by atoms with Crippen LogP contribution in [-0.4, -0.2) is 0 Å². The molecule has 2 aromatic carbocycles. The van der Waals surface area contributed by atoms with Crippen molar-refractivity contribution in [3.63, 3.8) is 0 Å². The van der Waals surface area contributed by atoms with Gasteiger partial charge >= 0.3 is 0 Å². The summed E-state index contributed by atoms with van der Waals surface area (Å²) in [5, 5.41) is 0. The van der Waals surface area contributed by atoms with E-state index in [2.05, 4.69) is 62.4 Å². The van der Waals surface area contributed by atoms with Gasteiger partial charge in [-0.25, -0.2) is 0 Å². The Morgan fingerprint density at radius 1 is 0.882 bits per heavy atom. The van der Waals surface area contributed by atoms with Gasteiger partial charge in [-0.15, -0.1) is 0 Å². The third-order valence-electron chi connectivity index (χ3n) is 3.47. The van der Waals surface area contributed by atoms with Gasteiger partial charge < -0.3 is 4.74 Å². The minimum absolute atomic E-state index is 0.227. The Balaban J connectivity index is 2.31. The Morgan fingerprint density at radius 3 is 2.35 bits per heavy atom. The van der Waals surface area contributed by atoms with Crippen molar-refractivity contribution in [1.82, 2.24) is 0 Å². The first kappa shape index (κ1) is 10.5. The predicted octanol–water partition coefficient (Wildman–Crippen LogP) is 4.12. The van der Waals surface area contributed by atoms with Crippen LogP contribution in [0.4, 0.5) is 0 Å². The first-order valence-corrected chi connectivity index (χ1v) is 6.00. The Bertz CT molecular complexity index is 555. The van der Waals surface area contributed by atoms with Crippen molar-refractivity contribution < 1.29 is 4.74 Å². The minimum atomic E-state index is -0.227. The number of hydrogen-bond acceptors (Lipinski definition) is 1. The van der Waals surface area contributed by atoms with Gasteiger partial charge in [-0.05, 0) is 36.1 Å². The molecule has 0 unspecified atom stereocenters. The summed E-state index contributed by atoms with van der Waals surface area (Å²) < 4.78 is 6.04. The lowest BCUT2D eigenvalue weighted by molar-refractivity contribution is -0.0313. The van der Waals surface area contributed by atoms with E-state index in [1.807, 2.05) is 0 Å². The highest BCUT2D eigenvalue weighted by Crippen LogP contribution is 2.39. The van der Waals surface area contributed by atoms with Gasteiger partial charge in [-0.1, -0.05) is 48.5 Å². The molecule has 0 aromatic heterocycles. The van der Waals surface area contributed by atoms with Gasteiger partial charge in [-0.3, -0.25) is 0 Å². The molecule has 1 aliphatic heterocycles. The average Bonchev–Trinajstić information content (AvgIpc) is 2.47. The number of rotatable bonds is 0. The predicted molar refractivity (Wildman–Crippen MR) is 69.7 cm³/mol. The molecule has 1 nitrogen and oxygen atoms in total. The summed E-state index contributed by atoms with van der Waals surface area (Å²) in [6.07, 6.45) is 0. The zero-order valence-electron chi connectivity index (χ0n) is 10.2. The summed E-state index contributed by atoms with van der Waals surface area (Å²) in [6, 6.07) is 17.0. The summed E-state index contributed by atoms with van der Waals surface area (Å²) in [6.45, 7) is 4.95. The van der Waals surface area contributed by atoms with Crippen molar-refractivity contribution >= 4 is 0 Å². The number of fused-ring (bicyclic) bond motifs is 3. The van der Waals surface area contributed by atoms with Crippen LogP contribution in [0, 0.1) is 0 Å². The Hall–Kier alpha value is -1.60. The Labute approximate surface area is 102 Å². The molecule has 0 fully saturated rings. The highest BCUT2D eigenvalue weighted by atomic mass is 16.5. The van der Waals surface area contributed by atoms with E-state index in [1.165, 1.54) is 22.3 Å². The monoisotopic (exact) mass is 224 g/mol.